The molecule has 3 heterocycles. The second-order valence-corrected chi connectivity index (χ2v) is 5.91. The van der Waals surface area contributed by atoms with Gasteiger partial charge in [-0.15, -0.1) is 0 Å². The fraction of sp³-hybridized carbons (Fsp3) is 0.200. The number of thioether (sulfide) groups is 1. The largest absolute Gasteiger partial charge is 0.431 e. The van der Waals surface area contributed by atoms with E-state index in [1.807, 2.05) is 31.2 Å². The number of hydrogen-bond donors (Lipinski definition) is 1. The van der Waals surface area contributed by atoms with Gasteiger partial charge in [-0.1, -0.05) is 30.8 Å². The zero-order valence-electron chi connectivity index (χ0n) is 12.3. The molecular formula is C15H13N5O2S. The normalized spacial score (nSPS) is 11.5. The van der Waals surface area contributed by atoms with Crippen molar-refractivity contribution < 1.29 is 4.42 Å². The van der Waals surface area contributed by atoms with E-state index in [9.17, 15) is 4.79 Å². The molecule has 1 aromatic carbocycles. The minimum Gasteiger partial charge on any atom is -0.431 e. The Bertz CT molecular complexity index is 1020. The first-order valence-corrected chi connectivity index (χ1v) is 8.17. The van der Waals surface area contributed by atoms with Crippen molar-refractivity contribution in [2.75, 3.05) is 0 Å². The highest BCUT2D eigenvalue weighted by Gasteiger charge is 2.10. The molecule has 0 saturated carbocycles. The molecule has 0 amide bonds. The Morgan fingerprint density at radius 2 is 2.13 bits per heavy atom. The number of nitrogens with zero attached hydrogens (tertiary/aromatic N) is 4. The van der Waals surface area contributed by atoms with Crippen molar-refractivity contribution in [3.8, 4) is 0 Å². The van der Waals surface area contributed by atoms with Gasteiger partial charge >= 0.3 is 0 Å². The van der Waals surface area contributed by atoms with Gasteiger partial charge in [-0.05, 0) is 12.1 Å². The Balaban J connectivity index is 1.60. The predicted octanol–water partition coefficient (Wildman–Crippen LogP) is 2.41. The first kappa shape index (κ1) is 14.0. The fourth-order valence-electron chi connectivity index (χ4n) is 2.25. The molecule has 0 fully saturated rings. The van der Waals surface area contributed by atoms with Gasteiger partial charge in [0.1, 0.15) is 11.3 Å². The van der Waals surface area contributed by atoms with Gasteiger partial charge in [0, 0.05) is 18.2 Å². The number of rotatable bonds is 4. The maximum absolute atomic E-state index is 12.1. The molecule has 0 aliphatic heterocycles. The standard InChI is InChI=1S/C15H13N5O2S/c1-2-12-18-14-16-9(7-13(21)20(14)19-12)8-23-15-17-10-5-3-4-6-11(10)22-15/h3-7H,2,8H2,1H3,(H,16,18,19). The van der Waals surface area contributed by atoms with Crippen LogP contribution in [0.15, 0.2) is 44.8 Å². The van der Waals surface area contributed by atoms with Gasteiger partial charge in [-0.2, -0.15) is 9.50 Å². The zero-order valence-corrected chi connectivity index (χ0v) is 13.1. The topological polar surface area (TPSA) is 89.1 Å². The van der Waals surface area contributed by atoms with Crippen LogP contribution < -0.4 is 5.56 Å². The molecule has 0 bridgehead atoms. The molecule has 0 saturated heterocycles. The Morgan fingerprint density at radius 3 is 2.96 bits per heavy atom. The van der Waals surface area contributed by atoms with Crippen LogP contribution in [-0.4, -0.2) is 24.6 Å². The summed E-state index contributed by atoms with van der Waals surface area (Å²) in [5.74, 6) is 1.62. The molecule has 8 heteroatoms. The highest BCUT2D eigenvalue weighted by Crippen LogP contribution is 2.25. The Morgan fingerprint density at radius 1 is 1.26 bits per heavy atom. The lowest BCUT2D eigenvalue weighted by Crippen LogP contribution is -2.15. The monoisotopic (exact) mass is 327 g/mol. The first-order chi connectivity index (χ1) is 11.2. The number of hydrogen-bond acceptors (Lipinski definition) is 6. The van der Waals surface area contributed by atoms with Gasteiger partial charge in [0.2, 0.25) is 0 Å². The van der Waals surface area contributed by atoms with Crippen molar-refractivity contribution in [2.24, 2.45) is 0 Å². The Hall–Kier alpha value is -2.61. The van der Waals surface area contributed by atoms with Crippen molar-refractivity contribution in [3.63, 3.8) is 0 Å². The van der Waals surface area contributed by atoms with E-state index in [1.165, 1.54) is 22.3 Å². The molecule has 0 aliphatic carbocycles. The van der Waals surface area contributed by atoms with Gasteiger partial charge in [0.25, 0.3) is 16.6 Å². The van der Waals surface area contributed by atoms with E-state index in [-0.39, 0.29) is 5.56 Å². The summed E-state index contributed by atoms with van der Waals surface area (Å²) in [7, 11) is 0. The molecule has 0 radical (unpaired) electrons. The van der Waals surface area contributed by atoms with Gasteiger partial charge in [-0.3, -0.25) is 9.89 Å². The van der Waals surface area contributed by atoms with Crippen LogP contribution >= 0.6 is 11.8 Å². The van der Waals surface area contributed by atoms with Gasteiger partial charge < -0.3 is 4.42 Å². The summed E-state index contributed by atoms with van der Waals surface area (Å²) < 4.78 is 7.00. The van der Waals surface area contributed by atoms with Crippen LogP contribution in [0.4, 0.5) is 0 Å². The first-order valence-electron chi connectivity index (χ1n) is 7.19. The molecule has 23 heavy (non-hydrogen) atoms. The lowest BCUT2D eigenvalue weighted by atomic mass is 10.3. The number of aromatic amines is 1. The summed E-state index contributed by atoms with van der Waals surface area (Å²) in [6, 6.07) is 9.09. The zero-order chi connectivity index (χ0) is 15.8. The summed E-state index contributed by atoms with van der Waals surface area (Å²) in [5.41, 5.74) is 2.04. The van der Waals surface area contributed by atoms with Crippen LogP contribution in [0.3, 0.4) is 0 Å². The van der Waals surface area contributed by atoms with Crippen LogP contribution in [0.1, 0.15) is 18.4 Å². The van der Waals surface area contributed by atoms with Crippen molar-refractivity contribution in [2.45, 2.75) is 24.3 Å². The predicted molar refractivity (Wildman–Crippen MR) is 86.6 cm³/mol. The second kappa shape index (κ2) is 5.54. The van der Waals surface area contributed by atoms with Crippen LogP contribution in [0, 0.1) is 0 Å². The van der Waals surface area contributed by atoms with Crippen molar-refractivity contribution in [1.29, 1.82) is 0 Å². The van der Waals surface area contributed by atoms with Crippen molar-refractivity contribution in [3.05, 3.63) is 52.2 Å². The average molecular weight is 327 g/mol. The highest BCUT2D eigenvalue weighted by molar-refractivity contribution is 7.98. The molecule has 7 nitrogen and oxygen atoms in total. The van der Waals surface area contributed by atoms with Crippen LogP contribution in [-0.2, 0) is 12.2 Å². The third kappa shape index (κ3) is 2.61. The molecule has 0 atom stereocenters. The highest BCUT2D eigenvalue weighted by atomic mass is 32.2. The van der Waals surface area contributed by atoms with Crippen molar-refractivity contribution in [1.82, 2.24) is 24.6 Å². The lowest BCUT2D eigenvalue weighted by Gasteiger charge is -1.97. The molecule has 1 N–H and O–H groups in total. The smallest absolute Gasteiger partial charge is 0.274 e. The minimum absolute atomic E-state index is 0.171. The van der Waals surface area contributed by atoms with E-state index in [0.29, 0.717) is 22.4 Å². The van der Waals surface area contributed by atoms with E-state index in [4.69, 9.17) is 4.42 Å². The molecule has 0 aliphatic rings. The minimum atomic E-state index is -0.171. The number of oxazole rings is 1. The molecule has 3 aromatic heterocycles. The summed E-state index contributed by atoms with van der Waals surface area (Å²) in [5, 5.41) is 3.48. The fourth-order valence-corrected chi connectivity index (χ4v) is 2.98. The third-order valence-corrected chi connectivity index (χ3v) is 4.24. The van der Waals surface area contributed by atoms with Crippen LogP contribution in [0.2, 0.25) is 0 Å². The van der Waals surface area contributed by atoms with Gasteiger partial charge in [-0.25, -0.2) is 9.97 Å². The molecule has 4 aromatic rings. The maximum atomic E-state index is 12.1. The quantitative estimate of drug-likeness (QED) is 0.579. The van der Waals surface area contributed by atoms with E-state index < -0.39 is 0 Å². The summed E-state index contributed by atoms with van der Waals surface area (Å²) in [6.45, 7) is 1.97. The van der Waals surface area contributed by atoms with Crippen molar-refractivity contribution >= 4 is 28.6 Å². The number of aromatic nitrogens is 5. The number of benzene rings is 1. The molecule has 0 unspecified atom stereocenters. The second-order valence-electron chi connectivity index (χ2n) is 4.98. The van der Waals surface area contributed by atoms with Gasteiger partial charge in [0.05, 0.1) is 5.69 Å². The SMILES string of the molecule is CCc1nc2nc(CSc3nc4ccccc4o3)cc(=O)n2[nH]1. The number of nitrogens with one attached hydrogen (secondary N) is 1. The molecular weight excluding hydrogens is 314 g/mol. The number of H-pyrrole nitrogens is 1. The average Bonchev–Trinajstić information content (AvgIpc) is 3.16. The number of fused-ring (bicyclic) bond motifs is 2. The third-order valence-electron chi connectivity index (χ3n) is 3.38. The number of aryl methyl sites for hydroxylation is 1. The summed E-state index contributed by atoms with van der Waals surface area (Å²) in [4.78, 5) is 25.2. The van der Waals surface area contributed by atoms with E-state index in [1.54, 1.807) is 0 Å². The molecule has 4 rings (SSSR count). The molecule has 116 valence electrons. The maximum Gasteiger partial charge on any atom is 0.274 e. The van der Waals surface area contributed by atoms with E-state index in [2.05, 4.69) is 20.1 Å². The lowest BCUT2D eigenvalue weighted by molar-refractivity contribution is 0.489. The Kier molecular flexibility index (Phi) is 3.38. The van der Waals surface area contributed by atoms with Crippen LogP contribution in [0.25, 0.3) is 16.9 Å². The summed E-state index contributed by atoms with van der Waals surface area (Å²) in [6.07, 6.45) is 0.718. The number of para-hydroxylation sites is 2. The van der Waals surface area contributed by atoms with E-state index >= 15 is 0 Å². The van der Waals surface area contributed by atoms with E-state index in [0.717, 1.165) is 23.3 Å². The van der Waals surface area contributed by atoms with Gasteiger partial charge in [0.15, 0.2) is 5.58 Å². The Labute approximate surface area is 134 Å². The van der Waals surface area contributed by atoms with Crippen LogP contribution in [0.5, 0.6) is 0 Å². The molecule has 0 spiro atoms. The summed E-state index contributed by atoms with van der Waals surface area (Å²) >= 11 is 1.40.